The van der Waals surface area contributed by atoms with Crippen LogP contribution in [0.3, 0.4) is 0 Å². The number of benzene rings is 2. The maximum atomic E-state index is 13.1. The van der Waals surface area contributed by atoms with Crippen molar-refractivity contribution in [1.82, 2.24) is 4.31 Å². The summed E-state index contributed by atoms with van der Waals surface area (Å²) in [6, 6.07) is 12.7. The normalized spacial score (nSPS) is 21.5. The lowest BCUT2D eigenvalue weighted by Crippen LogP contribution is -2.32. The molecule has 1 N–H and O–H groups in total. The van der Waals surface area contributed by atoms with Gasteiger partial charge in [0.25, 0.3) is 0 Å². The van der Waals surface area contributed by atoms with E-state index in [1.165, 1.54) is 52.8 Å². The van der Waals surface area contributed by atoms with Crippen LogP contribution in [0, 0.1) is 17.1 Å². The molecule has 2 aromatic rings. The molecule has 0 aromatic heterocycles. The molecule has 3 rings (SSSR count). The van der Waals surface area contributed by atoms with Gasteiger partial charge in [0.1, 0.15) is 5.82 Å². The van der Waals surface area contributed by atoms with Gasteiger partial charge in [-0.1, -0.05) is 18.2 Å². The first-order valence-corrected chi connectivity index (χ1v) is 8.81. The fraction of sp³-hybridized carbons (Fsp3) is 0.235. The lowest BCUT2D eigenvalue weighted by atomic mass is 10.0. The van der Waals surface area contributed by atoms with Gasteiger partial charge in [-0.15, -0.1) is 0 Å². The van der Waals surface area contributed by atoms with Crippen molar-refractivity contribution in [3.05, 3.63) is 65.5 Å². The fourth-order valence-electron chi connectivity index (χ4n) is 2.90. The number of sulfonamides is 1. The third-order valence-corrected chi connectivity index (χ3v) is 5.93. The standard InChI is InChI=1S/C17H15FN2O3S/c18-14-6-4-13(5-7-14)17-9-15(21)11-20(17)24(22,23)16-3-1-2-12(8-16)10-19/h1-8,15,17,21H,9,11H2/t15-,17-/m0/s1. The van der Waals surface area contributed by atoms with E-state index < -0.39 is 28.0 Å². The van der Waals surface area contributed by atoms with Crippen LogP contribution in [-0.2, 0) is 10.0 Å². The molecule has 24 heavy (non-hydrogen) atoms. The van der Waals surface area contributed by atoms with Gasteiger partial charge in [0.05, 0.1) is 28.7 Å². The smallest absolute Gasteiger partial charge is 0.243 e. The molecule has 1 aliphatic heterocycles. The first-order chi connectivity index (χ1) is 11.4. The summed E-state index contributed by atoms with van der Waals surface area (Å²) in [4.78, 5) is 0.00256. The number of nitriles is 1. The molecule has 1 saturated heterocycles. The molecule has 0 bridgehead atoms. The van der Waals surface area contributed by atoms with Crippen LogP contribution in [0.2, 0.25) is 0 Å². The Kier molecular flexibility index (Phi) is 4.37. The maximum absolute atomic E-state index is 13.1. The number of hydrogen-bond acceptors (Lipinski definition) is 4. The van der Waals surface area contributed by atoms with E-state index in [-0.39, 0.29) is 23.4 Å². The second kappa shape index (κ2) is 6.32. The highest BCUT2D eigenvalue weighted by Crippen LogP contribution is 2.36. The summed E-state index contributed by atoms with van der Waals surface area (Å²) in [5.74, 6) is -0.409. The minimum Gasteiger partial charge on any atom is -0.392 e. The van der Waals surface area contributed by atoms with Gasteiger partial charge >= 0.3 is 0 Å². The van der Waals surface area contributed by atoms with E-state index in [2.05, 4.69) is 0 Å². The number of rotatable bonds is 3. The molecule has 7 heteroatoms. The fourth-order valence-corrected chi connectivity index (χ4v) is 4.61. The quantitative estimate of drug-likeness (QED) is 0.924. The van der Waals surface area contributed by atoms with Crippen LogP contribution in [0.5, 0.6) is 0 Å². The van der Waals surface area contributed by atoms with E-state index >= 15 is 0 Å². The summed E-state index contributed by atoms with van der Waals surface area (Å²) in [6.45, 7) is -0.0405. The van der Waals surface area contributed by atoms with Crippen molar-refractivity contribution in [2.75, 3.05) is 6.54 Å². The molecule has 1 aliphatic rings. The first kappa shape index (κ1) is 16.6. The largest absolute Gasteiger partial charge is 0.392 e. The Bertz CT molecular complexity index is 891. The minimum absolute atomic E-state index is 0.00256. The summed E-state index contributed by atoms with van der Waals surface area (Å²) >= 11 is 0. The summed E-state index contributed by atoms with van der Waals surface area (Å²) in [5.41, 5.74) is 0.863. The van der Waals surface area contributed by atoms with E-state index in [0.29, 0.717) is 5.56 Å². The van der Waals surface area contributed by atoms with E-state index in [1.807, 2.05) is 6.07 Å². The van der Waals surface area contributed by atoms with Crippen LogP contribution in [0.4, 0.5) is 4.39 Å². The van der Waals surface area contributed by atoms with Gasteiger partial charge in [-0.05, 0) is 42.3 Å². The highest BCUT2D eigenvalue weighted by atomic mass is 32.2. The predicted molar refractivity (Wildman–Crippen MR) is 84.8 cm³/mol. The van der Waals surface area contributed by atoms with E-state index in [4.69, 9.17) is 5.26 Å². The molecule has 2 atom stereocenters. The van der Waals surface area contributed by atoms with Gasteiger partial charge in [-0.2, -0.15) is 9.57 Å². The Morgan fingerprint density at radius 1 is 1.21 bits per heavy atom. The second-order valence-corrected chi connectivity index (χ2v) is 7.56. The molecule has 0 unspecified atom stereocenters. The molecule has 0 spiro atoms. The average Bonchev–Trinajstić information content (AvgIpc) is 2.98. The average molecular weight is 346 g/mol. The second-order valence-electron chi connectivity index (χ2n) is 5.67. The Balaban J connectivity index is 2.01. The summed E-state index contributed by atoms with van der Waals surface area (Å²) in [6.07, 6.45) is -0.558. The summed E-state index contributed by atoms with van der Waals surface area (Å²) in [5, 5.41) is 18.9. The van der Waals surface area contributed by atoms with Crippen molar-refractivity contribution in [3.8, 4) is 6.07 Å². The van der Waals surface area contributed by atoms with E-state index in [1.54, 1.807) is 0 Å². The van der Waals surface area contributed by atoms with Gasteiger partial charge < -0.3 is 5.11 Å². The Morgan fingerprint density at radius 2 is 1.92 bits per heavy atom. The molecule has 0 aliphatic carbocycles. The highest BCUT2D eigenvalue weighted by molar-refractivity contribution is 7.89. The van der Waals surface area contributed by atoms with E-state index in [0.717, 1.165) is 0 Å². The van der Waals surface area contributed by atoms with Crippen LogP contribution in [0.1, 0.15) is 23.6 Å². The lowest BCUT2D eigenvalue weighted by molar-refractivity contribution is 0.188. The van der Waals surface area contributed by atoms with Gasteiger partial charge in [0.15, 0.2) is 0 Å². The zero-order valence-corrected chi connectivity index (χ0v) is 13.4. The first-order valence-electron chi connectivity index (χ1n) is 7.37. The number of hydrogen-bond donors (Lipinski definition) is 1. The maximum Gasteiger partial charge on any atom is 0.243 e. The third kappa shape index (κ3) is 3.04. The van der Waals surface area contributed by atoms with Crippen molar-refractivity contribution >= 4 is 10.0 Å². The van der Waals surface area contributed by atoms with Gasteiger partial charge in [-0.3, -0.25) is 0 Å². The lowest BCUT2D eigenvalue weighted by Gasteiger charge is -2.24. The van der Waals surface area contributed by atoms with E-state index in [9.17, 15) is 17.9 Å². The van der Waals surface area contributed by atoms with Gasteiger partial charge in [0.2, 0.25) is 10.0 Å². The van der Waals surface area contributed by atoms with Crippen molar-refractivity contribution in [1.29, 1.82) is 5.26 Å². The van der Waals surface area contributed by atoms with Crippen molar-refractivity contribution in [3.63, 3.8) is 0 Å². The number of β-amino-alcohol motifs (C(OH)–C–C–N with tert-alkyl or cyclic N) is 1. The molecular weight excluding hydrogens is 331 g/mol. The molecule has 124 valence electrons. The van der Waals surface area contributed by atoms with Crippen LogP contribution in [0.15, 0.2) is 53.4 Å². The zero-order chi connectivity index (χ0) is 17.3. The predicted octanol–water partition coefficient (Wildman–Crippen LogP) is 2.19. The third-order valence-electron chi connectivity index (χ3n) is 4.06. The van der Waals surface area contributed by atoms with Crippen molar-refractivity contribution < 1.29 is 17.9 Å². The van der Waals surface area contributed by atoms with Crippen LogP contribution in [-0.4, -0.2) is 30.5 Å². The van der Waals surface area contributed by atoms with Crippen LogP contribution >= 0.6 is 0 Å². The highest BCUT2D eigenvalue weighted by Gasteiger charge is 2.40. The minimum atomic E-state index is -3.88. The monoisotopic (exact) mass is 346 g/mol. The number of halogens is 1. The molecule has 0 radical (unpaired) electrons. The number of nitrogens with zero attached hydrogens (tertiary/aromatic N) is 2. The molecule has 0 saturated carbocycles. The van der Waals surface area contributed by atoms with Gasteiger partial charge in [0, 0.05) is 6.54 Å². The molecular formula is C17H15FN2O3S. The van der Waals surface area contributed by atoms with Crippen molar-refractivity contribution in [2.45, 2.75) is 23.5 Å². The number of aliphatic hydroxyl groups excluding tert-OH is 1. The molecule has 2 aromatic carbocycles. The molecule has 1 fully saturated rings. The summed E-state index contributed by atoms with van der Waals surface area (Å²) in [7, 11) is -3.88. The SMILES string of the molecule is N#Cc1cccc(S(=O)(=O)N2C[C@@H](O)C[C@H]2c2ccc(F)cc2)c1. The summed E-state index contributed by atoms with van der Waals surface area (Å²) < 4.78 is 40.2. The van der Waals surface area contributed by atoms with Gasteiger partial charge in [-0.25, -0.2) is 12.8 Å². The zero-order valence-electron chi connectivity index (χ0n) is 12.6. The molecule has 0 amide bonds. The number of aliphatic hydroxyl groups is 1. The molecule has 1 heterocycles. The Morgan fingerprint density at radius 3 is 2.58 bits per heavy atom. The Labute approximate surface area is 139 Å². The Hall–Kier alpha value is -2.27. The van der Waals surface area contributed by atoms with Crippen LogP contribution < -0.4 is 0 Å². The van der Waals surface area contributed by atoms with Crippen molar-refractivity contribution in [2.24, 2.45) is 0 Å². The topological polar surface area (TPSA) is 81.4 Å². The van der Waals surface area contributed by atoms with Crippen LogP contribution in [0.25, 0.3) is 0 Å². The molecule has 5 nitrogen and oxygen atoms in total.